The van der Waals surface area contributed by atoms with E-state index in [4.69, 9.17) is 11.6 Å². The van der Waals surface area contributed by atoms with Gasteiger partial charge in [-0.05, 0) is 18.6 Å². The van der Waals surface area contributed by atoms with Crippen molar-refractivity contribution in [3.8, 4) is 0 Å². The van der Waals surface area contributed by atoms with Crippen LogP contribution < -0.4 is 5.32 Å². The molecule has 0 spiro atoms. The van der Waals surface area contributed by atoms with Gasteiger partial charge >= 0.3 is 0 Å². The van der Waals surface area contributed by atoms with Crippen molar-refractivity contribution in [2.75, 3.05) is 19.6 Å². The van der Waals surface area contributed by atoms with E-state index in [1.807, 2.05) is 0 Å². The SMILES string of the molecule is CCCc1cc(C(=O)N2CCNC(=O)CC2)cc(Cl)n1. The van der Waals surface area contributed by atoms with E-state index >= 15 is 0 Å². The summed E-state index contributed by atoms with van der Waals surface area (Å²) in [5.41, 5.74) is 1.37. The number of pyridine rings is 1. The summed E-state index contributed by atoms with van der Waals surface area (Å²) in [6.45, 7) is 3.50. The number of nitrogens with zero attached hydrogens (tertiary/aromatic N) is 2. The van der Waals surface area contributed by atoms with Gasteiger partial charge in [0.1, 0.15) is 5.15 Å². The smallest absolute Gasteiger partial charge is 0.254 e. The summed E-state index contributed by atoms with van der Waals surface area (Å²) in [6.07, 6.45) is 2.08. The monoisotopic (exact) mass is 295 g/mol. The van der Waals surface area contributed by atoms with E-state index in [0.717, 1.165) is 18.5 Å². The van der Waals surface area contributed by atoms with E-state index in [0.29, 0.717) is 36.8 Å². The third kappa shape index (κ3) is 3.70. The van der Waals surface area contributed by atoms with Crippen LogP contribution in [0.3, 0.4) is 0 Å². The Morgan fingerprint density at radius 1 is 1.45 bits per heavy atom. The highest BCUT2D eigenvalue weighted by Gasteiger charge is 2.20. The zero-order chi connectivity index (χ0) is 14.5. The minimum atomic E-state index is -0.0943. The lowest BCUT2D eigenvalue weighted by atomic mass is 10.1. The Hall–Kier alpha value is -1.62. The van der Waals surface area contributed by atoms with Gasteiger partial charge in [-0.1, -0.05) is 24.9 Å². The number of carbonyl (C=O) groups is 2. The van der Waals surface area contributed by atoms with E-state index in [9.17, 15) is 9.59 Å². The number of nitrogens with one attached hydrogen (secondary N) is 1. The predicted molar refractivity (Wildman–Crippen MR) is 76.8 cm³/mol. The second-order valence-corrected chi connectivity index (χ2v) is 5.20. The number of aromatic nitrogens is 1. The number of amides is 2. The normalized spacial score (nSPS) is 15.7. The minimum Gasteiger partial charge on any atom is -0.354 e. The van der Waals surface area contributed by atoms with Gasteiger partial charge in [-0.2, -0.15) is 0 Å². The Morgan fingerprint density at radius 3 is 3.00 bits per heavy atom. The van der Waals surface area contributed by atoms with Crippen molar-refractivity contribution in [3.63, 3.8) is 0 Å². The highest BCUT2D eigenvalue weighted by atomic mass is 35.5. The summed E-state index contributed by atoms with van der Waals surface area (Å²) in [5, 5.41) is 3.09. The molecule has 6 heteroatoms. The summed E-state index contributed by atoms with van der Waals surface area (Å²) in [7, 11) is 0. The van der Waals surface area contributed by atoms with E-state index in [-0.39, 0.29) is 11.8 Å². The highest BCUT2D eigenvalue weighted by Crippen LogP contribution is 2.15. The Morgan fingerprint density at radius 2 is 2.25 bits per heavy atom. The molecule has 2 heterocycles. The molecule has 2 amide bonds. The number of rotatable bonds is 3. The van der Waals surface area contributed by atoms with Crippen LogP contribution in [0.5, 0.6) is 0 Å². The van der Waals surface area contributed by atoms with Crippen LogP contribution in [0.2, 0.25) is 5.15 Å². The van der Waals surface area contributed by atoms with Crippen LogP contribution >= 0.6 is 11.6 Å². The lowest BCUT2D eigenvalue weighted by molar-refractivity contribution is -0.120. The van der Waals surface area contributed by atoms with Crippen molar-refractivity contribution < 1.29 is 9.59 Å². The Balaban J connectivity index is 2.17. The Labute approximate surface area is 123 Å². The molecule has 0 aromatic carbocycles. The fraction of sp³-hybridized carbons (Fsp3) is 0.500. The molecule has 1 aliphatic heterocycles. The van der Waals surface area contributed by atoms with E-state index < -0.39 is 0 Å². The standard InChI is InChI=1S/C14H18ClN3O2/c1-2-3-11-8-10(9-12(15)17-11)14(20)18-6-4-13(19)16-5-7-18/h8-9H,2-7H2,1H3,(H,16,19). The van der Waals surface area contributed by atoms with Crippen molar-refractivity contribution >= 4 is 23.4 Å². The summed E-state index contributed by atoms with van der Waals surface area (Å²) >= 11 is 5.98. The molecule has 1 saturated heterocycles. The molecule has 5 nitrogen and oxygen atoms in total. The maximum Gasteiger partial charge on any atom is 0.254 e. The van der Waals surface area contributed by atoms with Crippen LogP contribution in [-0.2, 0) is 11.2 Å². The molecule has 0 radical (unpaired) electrons. The van der Waals surface area contributed by atoms with Crippen molar-refractivity contribution in [2.45, 2.75) is 26.2 Å². The van der Waals surface area contributed by atoms with Crippen LogP contribution in [0, 0.1) is 0 Å². The molecule has 2 rings (SSSR count). The van der Waals surface area contributed by atoms with Crippen LogP contribution in [0.15, 0.2) is 12.1 Å². The minimum absolute atomic E-state index is 0.0141. The van der Waals surface area contributed by atoms with Crippen molar-refractivity contribution in [3.05, 3.63) is 28.5 Å². The Kier molecular flexibility index (Phi) is 4.95. The largest absolute Gasteiger partial charge is 0.354 e. The predicted octanol–water partition coefficient (Wildman–Crippen LogP) is 1.65. The average molecular weight is 296 g/mol. The molecule has 1 aromatic heterocycles. The summed E-state index contributed by atoms with van der Waals surface area (Å²) in [5.74, 6) is -0.108. The van der Waals surface area contributed by atoms with Crippen LogP contribution in [0.25, 0.3) is 0 Å². The lowest BCUT2D eigenvalue weighted by Gasteiger charge is -2.19. The molecule has 1 aliphatic rings. The molecule has 1 aromatic rings. The quantitative estimate of drug-likeness (QED) is 0.863. The molecular formula is C14H18ClN3O2. The first kappa shape index (κ1) is 14.8. The fourth-order valence-electron chi connectivity index (χ4n) is 2.21. The van der Waals surface area contributed by atoms with Gasteiger partial charge in [0.2, 0.25) is 5.91 Å². The van der Waals surface area contributed by atoms with Gasteiger partial charge in [0.05, 0.1) is 0 Å². The molecule has 0 atom stereocenters. The first-order valence-corrected chi connectivity index (χ1v) is 7.20. The molecular weight excluding hydrogens is 278 g/mol. The highest BCUT2D eigenvalue weighted by molar-refractivity contribution is 6.29. The van der Waals surface area contributed by atoms with Crippen LogP contribution in [-0.4, -0.2) is 41.3 Å². The fourth-order valence-corrected chi connectivity index (χ4v) is 2.44. The number of halogens is 1. The van der Waals surface area contributed by atoms with E-state index in [2.05, 4.69) is 17.2 Å². The van der Waals surface area contributed by atoms with E-state index in [1.165, 1.54) is 0 Å². The van der Waals surface area contributed by atoms with Gasteiger partial charge in [0, 0.05) is 37.3 Å². The van der Waals surface area contributed by atoms with Gasteiger partial charge < -0.3 is 10.2 Å². The third-order valence-electron chi connectivity index (χ3n) is 3.20. The second kappa shape index (κ2) is 6.70. The summed E-state index contributed by atoms with van der Waals surface area (Å²) < 4.78 is 0. The van der Waals surface area contributed by atoms with Crippen molar-refractivity contribution in [1.29, 1.82) is 0 Å². The first-order valence-electron chi connectivity index (χ1n) is 6.82. The lowest BCUT2D eigenvalue weighted by Crippen LogP contribution is -2.34. The maximum atomic E-state index is 12.5. The summed E-state index contributed by atoms with van der Waals surface area (Å²) in [6, 6.07) is 3.38. The van der Waals surface area contributed by atoms with Gasteiger partial charge in [-0.15, -0.1) is 0 Å². The molecule has 0 unspecified atom stereocenters. The topological polar surface area (TPSA) is 62.3 Å². The zero-order valence-corrected chi connectivity index (χ0v) is 12.2. The van der Waals surface area contributed by atoms with Crippen molar-refractivity contribution in [2.24, 2.45) is 0 Å². The number of hydrogen-bond donors (Lipinski definition) is 1. The molecule has 1 N–H and O–H groups in total. The molecule has 1 fully saturated rings. The number of aryl methyl sites for hydroxylation is 1. The summed E-state index contributed by atoms with van der Waals surface area (Å²) in [4.78, 5) is 29.7. The van der Waals surface area contributed by atoms with E-state index in [1.54, 1.807) is 17.0 Å². The van der Waals surface area contributed by atoms with Crippen LogP contribution in [0.1, 0.15) is 35.8 Å². The molecule has 0 aliphatic carbocycles. The van der Waals surface area contributed by atoms with Crippen molar-refractivity contribution in [1.82, 2.24) is 15.2 Å². The molecule has 108 valence electrons. The first-order chi connectivity index (χ1) is 9.60. The number of carbonyl (C=O) groups excluding carboxylic acids is 2. The maximum absolute atomic E-state index is 12.5. The zero-order valence-electron chi connectivity index (χ0n) is 11.5. The number of hydrogen-bond acceptors (Lipinski definition) is 3. The van der Waals surface area contributed by atoms with Gasteiger partial charge in [0.25, 0.3) is 5.91 Å². The molecule has 0 saturated carbocycles. The van der Waals surface area contributed by atoms with Crippen LogP contribution in [0.4, 0.5) is 0 Å². The average Bonchev–Trinajstić information content (AvgIpc) is 2.62. The molecule has 0 bridgehead atoms. The molecule has 20 heavy (non-hydrogen) atoms. The Bertz CT molecular complexity index is 519. The second-order valence-electron chi connectivity index (χ2n) is 4.81. The van der Waals surface area contributed by atoms with Gasteiger partial charge in [-0.25, -0.2) is 4.98 Å². The van der Waals surface area contributed by atoms with Gasteiger partial charge in [-0.3, -0.25) is 9.59 Å². The van der Waals surface area contributed by atoms with Gasteiger partial charge in [0.15, 0.2) is 0 Å². The third-order valence-corrected chi connectivity index (χ3v) is 3.39.